The Balaban J connectivity index is 1.54. The number of rotatable bonds is 3. The fourth-order valence-electron chi connectivity index (χ4n) is 2.54. The maximum atomic E-state index is 12.3. The largest absolute Gasteiger partial charge is 0.348 e. The molecule has 0 fully saturated rings. The molecule has 0 spiro atoms. The molecular formula is C17H13N5O2. The second-order valence-corrected chi connectivity index (χ2v) is 5.36. The molecule has 1 aromatic heterocycles. The van der Waals surface area contributed by atoms with Gasteiger partial charge in [0, 0.05) is 17.8 Å². The Labute approximate surface area is 137 Å². The van der Waals surface area contributed by atoms with Gasteiger partial charge >= 0.3 is 0 Å². The van der Waals surface area contributed by atoms with Crippen LogP contribution in [0.2, 0.25) is 0 Å². The third-order valence-electron chi connectivity index (χ3n) is 3.76. The highest BCUT2D eigenvalue weighted by Gasteiger charge is 2.19. The standard InChI is InChI=1S/C17H13N5O2/c23-16-14-8-12(7-6-11(14)9-18-16)20-17(24)15-10-19-22(21-15)13-4-2-1-3-5-13/h1-8,10H,9H2,(H,18,23)(H,20,24). The molecule has 118 valence electrons. The van der Waals surface area contributed by atoms with Crippen LogP contribution in [0, 0.1) is 0 Å². The van der Waals surface area contributed by atoms with Crippen LogP contribution in [0.4, 0.5) is 5.69 Å². The first-order chi connectivity index (χ1) is 11.7. The predicted molar refractivity (Wildman–Crippen MR) is 86.9 cm³/mol. The molecule has 0 atom stereocenters. The van der Waals surface area contributed by atoms with Crippen molar-refractivity contribution in [2.75, 3.05) is 5.32 Å². The second-order valence-electron chi connectivity index (χ2n) is 5.36. The van der Waals surface area contributed by atoms with E-state index in [9.17, 15) is 9.59 Å². The van der Waals surface area contributed by atoms with E-state index < -0.39 is 0 Å². The Bertz CT molecular complexity index is 933. The van der Waals surface area contributed by atoms with Crippen LogP contribution >= 0.6 is 0 Å². The van der Waals surface area contributed by atoms with Gasteiger partial charge in [0.25, 0.3) is 11.8 Å². The molecule has 1 aliphatic rings. The molecule has 4 rings (SSSR count). The number of benzene rings is 2. The van der Waals surface area contributed by atoms with Crippen molar-refractivity contribution >= 4 is 17.5 Å². The minimum absolute atomic E-state index is 0.129. The highest BCUT2D eigenvalue weighted by Crippen LogP contribution is 2.20. The number of amides is 2. The van der Waals surface area contributed by atoms with Gasteiger partial charge in [-0.05, 0) is 29.8 Å². The highest BCUT2D eigenvalue weighted by molar-refractivity contribution is 6.04. The summed E-state index contributed by atoms with van der Waals surface area (Å²) in [4.78, 5) is 25.4. The second kappa shape index (κ2) is 5.62. The number of carbonyl (C=O) groups is 2. The highest BCUT2D eigenvalue weighted by atomic mass is 16.2. The summed E-state index contributed by atoms with van der Waals surface area (Å²) in [5.41, 5.74) is 3.02. The van der Waals surface area contributed by atoms with Gasteiger partial charge in [0.15, 0.2) is 5.69 Å². The molecule has 2 amide bonds. The summed E-state index contributed by atoms with van der Waals surface area (Å²) in [6.07, 6.45) is 1.41. The van der Waals surface area contributed by atoms with Crippen molar-refractivity contribution in [3.05, 3.63) is 71.5 Å². The number of hydrogen-bond acceptors (Lipinski definition) is 4. The molecule has 3 aromatic rings. The molecule has 24 heavy (non-hydrogen) atoms. The van der Waals surface area contributed by atoms with Gasteiger partial charge in [-0.1, -0.05) is 24.3 Å². The molecule has 2 heterocycles. The fraction of sp³-hybridized carbons (Fsp3) is 0.0588. The fourth-order valence-corrected chi connectivity index (χ4v) is 2.54. The number of anilines is 1. The van der Waals surface area contributed by atoms with Crippen LogP contribution in [-0.4, -0.2) is 26.8 Å². The minimum Gasteiger partial charge on any atom is -0.348 e. The maximum absolute atomic E-state index is 12.3. The minimum atomic E-state index is -0.379. The monoisotopic (exact) mass is 319 g/mol. The predicted octanol–water partition coefficient (Wildman–Crippen LogP) is 1.76. The van der Waals surface area contributed by atoms with Gasteiger partial charge in [0.1, 0.15) is 0 Å². The Morgan fingerprint density at radius 1 is 1.17 bits per heavy atom. The summed E-state index contributed by atoms with van der Waals surface area (Å²) >= 11 is 0. The summed E-state index contributed by atoms with van der Waals surface area (Å²) in [6, 6.07) is 14.6. The first-order valence-electron chi connectivity index (χ1n) is 7.41. The number of hydrogen-bond donors (Lipinski definition) is 2. The number of aromatic nitrogens is 3. The number of fused-ring (bicyclic) bond motifs is 1. The van der Waals surface area contributed by atoms with E-state index >= 15 is 0 Å². The summed E-state index contributed by atoms with van der Waals surface area (Å²) in [6.45, 7) is 0.522. The van der Waals surface area contributed by atoms with Crippen LogP contribution in [0.3, 0.4) is 0 Å². The number of nitrogens with one attached hydrogen (secondary N) is 2. The van der Waals surface area contributed by atoms with Crippen LogP contribution in [0.5, 0.6) is 0 Å². The van der Waals surface area contributed by atoms with Crippen molar-refractivity contribution in [3.63, 3.8) is 0 Å². The van der Waals surface area contributed by atoms with Crippen molar-refractivity contribution in [1.29, 1.82) is 0 Å². The van der Waals surface area contributed by atoms with Gasteiger partial charge in [0.2, 0.25) is 0 Å². The summed E-state index contributed by atoms with van der Waals surface area (Å²) in [7, 11) is 0. The lowest BCUT2D eigenvalue weighted by Crippen LogP contribution is -2.14. The van der Waals surface area contributed by atoms with Gasteiger partial charge in [-0.2, -0.15) is 9.90 Å². The van der Waals surface area contributed by atoms with Crippen molar-refractivity contribution in [2.24, 2.45) is 0 Å². The van der Waals surface area contributed by atoms with Crippen LogP contribution in [0.1, 0.15) is 26.4 Å². The van der Waals surface area contributed by atoms with Crippen molar-refractivity contribution < 1.29 is 9.59 Å². The molecule has 2 aromatic carbocycles. The van der Waals surface area contributed by atoms with Crippen LogP contribution in [-0.2, 0) is 6.54 Å². The zero-order valence-electron chi connectivity index (χ0n) is 12.6. The molecule has 0 saturated carbocycles. The van der Waals surface area contributed by atoms with Crippen LogP contribution in [0.25, 0.3) is 5.69 Å². The van der Waals surface area contributed by atoms with E-state index in [0.29, 0.717) is 17.8 Å². The number of nitrogens with zero attached hydrogens (tertiary/aromatic N) is 3. The van der Waals surface area contributed by atoms with E-state index in [2.05, 4.69) is 20.8 Å². The van der Waals surface area contributed by atoms with Crippen molar-refractivity contribution in [3.8, 4) is 5.69 Å². The molecule has 0 bridgehead atoms. The Kier molecular flexibility index (Phi) is 3.31. The van der Waals surface area contributed by atoms with Gasteiger partial charge in [0.05, 0.1) is 11.9 Å². The van der Waals surface area contributed by atoms with E-state index in [1.807, 2.05) is 36.4 Å². The summed E-state index contributed by atoms with van der Waals surface area (Å²) < 4.78 is 0. The van der Waals surface area contributed by atoms with Crippen LogP contribution in [0.15, 0.2) is 54.7 Å². The van der Waals surface area contributed by atoms with Gasteiger partial charge in [-0.15, -0.1) is 5.10 Å². The zero-order chi connectivity index (χ0) is 16.5. The Hall–Kier alpha value is -3.48. The zero-order valence-corrected chi connectivity index (χ0v) is 12.6. The smallest absolute Gasteiger partial charge is 0.277 e. The SMILES string of the molecule is O=C(Nc1ccc2c(c1)C(=O)NC2)c1cnn(-c2ccccc2)n1. The van der Waals surface area contributed by atoms with Gasteiger partial charge < -0.3 is 10.6 Å². The van der Waals surface area contributed by atoms with E-state index in [4.69, 9.17) is 0 Å². The lowest BCUT2D eigenvalue weighted by Gasteiger charge is -2.04. The molecular weight excluding hydrogens is 306 g/mol. The third-order valence-corrected chi connectivity index (χ3v) is 3.76. The Morgan fingerprint density at radius 3 is 2.83 bits per heavy atom. The average molecular weight is 319 g/mol. The molecule has 2 N–H and O–H groups in total. The quantitative estimate of drug-likeness (QED) is 0.770. The third kappa shape index (κ3) is 2.52. The molecule has 0 radical (unpaired) electrons. The first-order valence-corrected chi connectivity index (χ1v) is 7.41. The van der Waals surface area contributed by atoms with Crippen molar-refractivity contribution in [2.45, 2.75) is 6.54 Å². The van der Waals surface area contributed by atoms with E-state index in [1.165, 1.54) is 11.0 Å². The topological polar surface area (TPSA) is 88.9 Å². The number of para-hydroxylation sites is 1. The summed E-state index contributed by atoms with van der Waals surface area (Å²) in [5, 5.41) is 13.8. The lowest BCUT2D eigenvalue weighted by atomic mass is 10.1. The molecule has 1 aliphatic heterocycles. The normalized spacial score (nSPS) is 12.6. The van der Waals surface area contributed by atoms with E-state index in [1.54, 1.807) is 12.1 Å². The molecule has 7 heteroatoms. The van der Waals surface area contributed by atoms with Gasteiger partial charge in [-0.3, -0.25) is 9.59 Å². The Morgan fingerprint density at radius 2 is 2.00 bits per heavy atom. The molecule has 0 unspecified atom stereocenters. The lowest BCUT2D eigenvalue weighted by molar-refractivity contribution is 0.0964. The first kappa shape index (κ1) is 14.1. The molecule has 0 aliphatic carbocycles. The maximum Gasteiger partial charge on any atom is 0.277 e. The number of carbonyl (C=O) groups excluding carboxylic acids is 2. The van der Waals surface area contributed by atoms with Crippen LogP contribution < -0.4 is 10.6 Å². The van der Waals surface area contributed by atoms with E-state index in [-0.39, 0.29) is 17.5 Å². The molecule has 7 nitrogen and oxygen atoms in total. The van der Waals surface area contributed by atoms with Gasteiger partial charge in [-0.25, -0.2) is 0 Å². The average Bonchev–Trinajstić information content (AvgIpc) is 3.24. The summed E-state index contributed by atoms with van der Waals surface area (Å²) in [5.74, 6) is -0.508. The molecule has 0 saturated heterocycles. The van der Waals surface area contributed by atoms with E-state index in [0.717, 1.165) is 11.3 Å². The van der Waals surface area contributed by atoms with Crippen molar-refractivity contribution in [1.82, 2.24) is 20.3 Å².